The van der Waals surface area contributed by atoms with Crippen LogP contribution in [0.5, 0.6) is 0 Å². The number of benzene rings is 1. The lowest BCUT2D eigenvalue weighted by molar-refractivity contribution is 0.824. The molecule has 2 aromatic rings. The van der Waals surface area contributed by atoms with Gasteiger partial charge < -0.3 is 11.2 Å². The van der Waals surface area contributed by atoms with Gasteiger partial charge in [0.2, 0.25) is 0 Å². The Kier molecular flexibility index (Phi) is 6.63. The van der Waals surface area contributed by atoms with Crippen molar-refractivity contribution in [3.05, 3.63) is 55.1 Å². The molecule has 14 heavy (non-hydrogen) atoms. The third-order valence-electron chi connectivity index (χ3n) is 1.28. The molecular formula is C10H13N3O. The van der Waals surface area contributed by atoms with E-state index < -0.39 is 0 Å². The van der Waals surface area contributed by atoms with Crippen LogP contribution in [0.15, 0.2) is 55.1 Å². The Morgan fingerprint density at radius 1 is 0.857 bits per heavy atom. The van der Waals surface area contributed by atoms with Crippen molar-refractivity contribution in [2.75, 3.05) is 5.73 Å². The van der Waals surface area contributed by atoms with Gasteiger partial charge in [0.05, 0.1) is 0 Å². The molecule has 0 unspecified atom stereocenters. The largest absolute Gasteiger partial charge is 0.412 e. The van der Waals surface area contributed by atoms with Crippen LogP contribution in [0.1, 0.15) is 0 Å². The van der Waals surface area contributed by atoms with E-state index in [1.807, 2.05) is 30.3 Å². The lowest BCUT2D eigenvalue weighted by atomic mass is 10.3. The average molecular weight is 191 g/mol. The second-order valence-electron chi connectivity index (χ2n) is 2.31. The van der Waals surface area contributed by atoms with Crippen molar-refractivity contribution in [2.24, 2.45) is 0 Å². The van der Waals surface area contributed by atoms with Crippen molar-refractivity contribution in [1.82, 2.24) is 9.97 Å². The van der Waals surface area contributed by atoms with Gasteiger partial charge in [-0.1, -0.05) is 18.2 Å². The first-order chi connectivity index (χ1) is 6.39. The zero-order chi connectivity index (χ0) is 9.36. The van der Waals surface area contributed by atoms with Crippen LogP contribution in [-0.4, -0.2) is 15.4 Å². The van der Waals surface area contributed by atoms with Crippen molar-refractivity contribution < 1.29 is 5.48 Å². The number of nitrogens with two attached hydrogens (primary N) is 1. The molecule has 0 bridgehead atoms. The topological polar surface area (TPSA) is 83.3 Å². The standard InChI is InChI=1S/C6H7N.C4H4N2.H2O/c7-6-4-2-1-3-5-6;1-2-5-4-6-3-1;/h1-5H,7H2;1-4H;1H2. The summed E-state index contributed by atoms with van der Waals surface area (Å²) in [5, 5.41) is 0. The molecule has 0 aliphatic rings. The molecule has 4 nitrogen and oxygen atoms in total. The normalized spacial score (nSPS) is 7.71. The first-order valence-electron chi connectivity index (χ1n) is 3.90. The van der Waals surface area contributed by atoms with E-state index in [1.165, 1.54) is 6.33 Å². The molecule has 4 heteroatoms. The Hall–Kier alpha value is -1.94. The Balaban J connectivity index is 0.000000227. The first kappa shape index (κ1) is 12.1. The summed E-state index contributed by atoms with van der Waals surface area (Å²) in [6.07, 6.45) is 4.88. The van der Waals surface area contributed by atoms with Crippen LogP contribution >= 0.6 is 0 Å². The van der Waals surface area contributed by atoms with E-state index in [9.17, 15) is 0 Å². The number of para-hydroxylation sites is 1. The number of hydrogen-bond acceptors (Lipinski definition) is 3. The summed E-state index contributed by atoms with van der Waals surface area (Å²) < 4.78 is 0. The first-order valence-corrected chi connectivity index (χ1v) is 3.90. The van der Waals surface area contributed by atoms with Gasteiger partial charge in [-0.3, -0.25) is 0 Å². The van der Waals surface area contributed by atoms with E-state index in [4.69, 9.17) is 5.73 Å². The molecule has 1 aromatic carbocycles. The maximum atomic E-state index is 5.36. The zero-order valence-electron chi connectivity index (χ0n) is 7.67. The van der Waals surface area contributed by atoms with Crippen LogP contribution in [0.25, 0.3) is 0 Å². The molecule has 0 amide bonds. The van der Waals surface area contributed by atoms with Crippen molar-refractivity contribution in [3.8, 4) is 0 Å². The van der Waals surface area contributed by atoms with Crippen LogP contribution in [-0.2, 0) is 0 Å². The summed E-state index contributed by atoms with van der Waals surface area (Å²) >= 11 is 0. The lowest BCUT2D eigenvalue weighted by Crippen LogP contribution is -1.79. The van der Waals surface area contributed by atoms with E-state index >= 15 is 0 Å². The molecule has 0 saturated carbocycles. The molecule has 1 heterocycles. The summed E-state index contributed by atoms with van der Waals surface area (Å²) in [6, 6.07) is 11.3. The number of nitrogens with zero attached hydrogens (tertiary/aromatic N) is 2. The van der Waals surface area contributed by atoms with Gasteiger partial charge in [0.1, 0.15) is 6.33 Å². The van der Waals surface area contributed by atoms with Crippen LogP contribution in [0, 0.1) is 0 Å². The lowest BCUT2D eigenvalue weighted by Gasteiger charge is -1.83. The highest BCUT2D eigenvalue weighted by Crippen LogP contribution is 1.95. The van der Waals surface area contributed by atoms with E-state index in [-0.39, 0.29) is 5.48 Å². The van der Waals surface area contributed by atoms with E-state index in [0.717, 1.165) is 5.69 Å². The van der Waals surface area contributed by atoms with E-state index in [0.29, 0.717) is 0 Å². The van der Waals surface area contributed by atoms with Gasteiger partial charge in [0.15, 0.2) is 0 Å². The summed E-state index contributed by atoms with van der Waals surface area (Å²) in [4.78, 5) is 7.35. The van der Waals surface area contributed by atoms with Crippen LogP contribution < -0.4 is 5.73 Å². The van der Waals surface area contributed by atoms with Crippen LogP contribution in [0.2, 0.25) is 0 Å². The number of aromatic nitrogens is 2. The molecular weight excluding hydrogens is 178 g/mol. The second kappa shape index (κ2) is 7.70. The summed E-state index contributed by atoms with van der Waals surface area (Å²) in [6.45, 7) is 0. The smallest absolute Gasteiger partial charge is 0.115 e. The van der Waals surface area contributed by atoms with Crippen LogP contribution in [0.4, 0.5) is 5.69 Å². The van der Waals surface area contributed by atoms with Crippen LogP contribution in [0.3, 0.4) is 0 Å². The maximum absolute atomic E-state index is 5.36. The molecule has 4 N–H and O–H groups in total. The molecule has 0 fully saturated rings. The molecule has 2 rings (SSSR count). The van der Waals surface area contributed by atoms with Gasteiger partial charge in [-0.25, -0.2) is 9.97 Å². The fourth-order valence-corrected chi connectivity index (χ4v) is 0.706. The van der Waals surface area contributed by atoms with Crippen molar-refractivity contribution in [1.29, 1.82) is 0 Å². The molecule has 74 valence electrons. The minimum Gasteiger partial charge on any atom is -0.412 e. The molecule has 1 aromatic heterocycles. The number of nitrogen functional groups attached to an aromatic ring is 1. The Labute approximate surface area is 82.8 Å². The monoisotopic (exact) mass is 191 g/mol. The van der Waals surface area contributed by atoms with Gasteiger partial charge in [-0.05, 0) is 18.2 Å². The third kappa shape index (κ3) is 5.68. The Bertz CT molecular complexity index is 286. The van der Waals surface area contributed by atoms with Gasteiger partial charge in [0, 0.05) is 18.1 Å². The predicted molar refractivity (Wildman–Crippen MR) is 56.5 cm³/mol. The van der Waals surface area contributed by atoms with E-state index in [1.54, 1.807) is 18.5 Å². The highest BCUT2D eigenvalue weighted by atomic mass is 16.0. The van der Waals surface area contributed by atoms with Gasteiger partial charge in [-0.2, -0.15) is 0 Å². The minimum atomic E-state index is 0. The Morgan fingerprint density at radius 3 is 1.64 bits per heavy atom. The molecule has 0 atom stereocenters. The zero-order valence-corrected chi connectivity index (χ0v) is 7.67. The average Bonchev–Trinajstić information content (AvgIpc) is 2.22. The van der Waals surface area contributed by atoms with Crippen molar-refractivity contribution in [2.45, 2.75) is 0 Å². The number of anilines is 1. The van der Waals surface area contributed by atoms with Gasteiger partial charge >= 0.3 is 0 Å². The quantitative estimate of drug-likeness (QED) is 0.628. The fraction of sp³-hybridized carbons (Fsp3) is 0. The summed E-state index contributed by atoms with van der Waals surface area (Å²) in [7, 11) is 0. The van der Waals surface area contributed by atoms with Gasteiger partial charge in [0.25, 0.3) is 0 Å². The highest BCUT2D eigenvalue weighted by Gasteiger charge is 1.72. The van der Waals surface area contributed by atoms with E-state index in [2.05, 4.69) is 9.97 Å². The van der Waals surface area contributed by atoms with Crippen molar-refractivity contribution >= 4 is 5.69 Å². The number of hydrogen-bond donors (Lipinski definition) is 1. The Morgan fingerprint density at radius 2 is 1.43 bits per heavy atom. The maximum Gasteiger partial charge on any atom is 0.115 e. The van der Waals surface area contributed by atoms with Gasteiger partial charge in [-0.15, -0.1) is 0 Å². The molecule has 0 aliphatic heterocycles. The molecule has 0 saturated heterocycles. The minimum absolute atomic E-state index is 0. The fourth-order valence-electron chi connectivity index (χ4n) is 0.706. The summed E-state index contributed by atoms with van der Waals surface area (Å²) in [5.41, 5.74) is 6.18. The predicted octanol–water partition coefficient (Wildman–Crippen LogP) is 0.921. The third-order valence-corrected chi connectivity index (χ3v) is 1.28. The molecule has 0 radical (unpaired) electrons. The molecule has 0 spiro atoms. The van der Waals surface area contributed by atoms with Crippen molar-refractivity contribution in [3.63, 3.8) is 0 Å². The SMILES string of the molecule is Nc1ccccc1.O.c1cncnc1. The molecule has 0 aliphatic carbocycles. The summed E-state index contributed by atoms with van der Waals surface area (Å²) in [5.74, 6) is 0. The second-order valence-corrected chi connectivity index (χ2v) is 2.31. The highest BCUT2D eigenvalue weighted by molar-refractivity contribution is 5.35. The number of rotatable bonds is 0.